The molecule has 104 valence electrons. The van der Waals surface area contributed by atoms with Crippen molar-refractivity contribution in [3.63, 3.8) is 0 Å². The molecule has 1 atom stereocenters. The maximum atomic E-state index is 11.3. The minimum atomic E-state index is -0.607. The van der Waals surface area contributed by atoms with Gasteiger partial charge in [0.1, 0.15) is 5.75 Å². The molecule has 0 heterocycles. The van der Waals surface area contributed by atoms with E-state index in [-0.39, 0.29) is 5.97 Å². The summed E-state index contributed by atoms with van der Waals surface area (Å²) in [6.07, 6.45) is -0.607. The molecule has 3 nitrogen and oxygen atoms in total. The Balaban J connectivity index is 2.10. The van der Waals surface area contributed by atoms with E-state index >= 15 is 0 Å². The summed E-state index contributed by atoms with van der Waals surface area (Å²) in [5, 5.41) is 0. The third kappa shape index (κ3) is 3.72. The number of benzene rings is 2. The lowest BCUT2D eigenvalue weighted by molar-refractivity contribution is -0.147. The first-order valence-corrected chi connectivity index (χ1v) is 7.28. The van der Waals surface area contributed by atoms with Gasteiger partial charge in [-0.15, -0.1) is 0 Å². The highest BCUT2D eigenvalue weighted by Gasteiger charge is 2.14. The molecule has 0 fully saturated rings. The molecule has 0 aliphatic carbocycles. The molecule has 0 amide bonds. The fourth-order valence-corrected chi connectivity index (χ4v) is 2.15. The monoisotopic (exact) mass is 382 g/mol. The zero-order valence-electron chi connectivity index (χ0n) is 11.3. The Hall–Kier alpha value is -1.56. The first-order valence-electron chi connectivity index (χ1n) is 6.20. The number of carbonyl (C=O) groups is 1. The summed E-state index contributed by atoms with van der Waals surface area (Å²) in [6.45, 7) is 1.67. The summed E-state index contributed by atoms with van der Waals surface area (Å²) in [6, 6.07) is 15.9. The van der Waals surface area contributed by atoms with E-state index in [1.165, 1.54) is 10.7 Å². The Kier molecular flexibility index (Phi) is 5.00. The van der Waals surface area contributed by atoms with Crippen molar-refractivity contribution >= 4 is 28.6 Å². The summed E-state index contributed by atoms with van der Waals surface area (Å²) in [5.41, 5.74) is 2.26. The number of hydrogen-bond donors (Lipinski definition) is 0. The predicted octanol–water partition coefficient (Wildman–Crippen LogP) is 3.90. The second kappa shape index (κ2) is 6.74. The summed E-state index contributed by atoms with van der Waals surface area (Å²) in [7, 11) is 1.35. The number of carbonyl (C=O) groups excluding carboxylic acids is 1. The molecule has 0 saturated carbocycles. The van der Waals surface area contributed by atoms with Crippen LogP contribution in [0.4, 0.5) is 0 Å². The van der Waals surface area contributed by atoms with Gasteiger partial charge in [0, 0.05) is 3.57 Å². The molecule has 0 spiro atoms. The minimum Gasteiger partial charge on any atom is -0.479 e. The van der Waals surface area contributed by atoms with Crippen LogP contribution in [0, 0.1) is 3.57 Å². The normalized spacial score (nSPS) is 11.8. The smallest absolute Gasteiger partial charge is 0.346 e. The minimum absolute atomic E-state index is 0.383. The quantitative estimate of drug-likeness (QED) is 0.595. The van der Waals surface area contributed by atoms with Crippen molar-refractivity contribution in [1.29, 1.82) is 0 Å². The van der Waals surface area contributed by atoms with Crippen LogP contribution in [0.3, 0.4) is 0 Å². The highest BCUT2D eigenvalue weighted by Crippen LogP contribution is 2.23. The van der Waals surface area contributed by atoms with Crippen molar-refractivity contribution in [2.75, 3.05) is 7.11 Å². The molecule has 2 rings (SSSR count). The maximum Gasteiger partial charge on any atom is 0.346 e. The van der Waals surface area contributed by atoms with Crippen LogP contribution in [0.5, 0.6) is 5.75 Å². The van der Waals surface area contributed by atoms with Gasteiger partial charge in [-0.05, 0) is 64.9 Å². The molecule has 0 radical (unpaired) electrons. The van der Waals surface area contributed by atoms with Crippen LogP contribution < -0.4 is 4.74 Å². The Labute approximate surface area is 132 Å². The van der Waals surface area contributed by atoms with Crippen LogP contribution in [0.15, 0.2) is 48.5 Å². The molecule has 0 bridgehead atoms. The van der Waals surface area contributed by atoms with Crippen molar-refractivity contribution < 1.29 is 14.3 Å². The molecule has 4 heteroatoms. The van der Waals surface area contributed by atoms with E-state index in [9.17, 15) is 4.79 Å². The van der Waals surface area contributed by atoms with Crippen molar-refractivity contribution in [1.82, 2.24) is 0 Å². The Bertz CT molecular complexity index is 576. The van der Waals surface area contributed by atoms with Crippen molar-refractivity contribution in [2.24, 2.45) is 0 Å². The zero-order chi connectivity index (χ0) is 14.5. The second-order valence-electron chi connectivity index (χ2n) is 4.31. The molecular weight excluding hydrogens is 367 g/mol. The van der Waals surface area contributed by atoms with Gasteiger partial charge in [-0.25, -0.2) is 4.79 Å². The van der Waals surface area contributed by atoms with E-state index in [1.807, 2.05) is 24.3 Å². The largest absolute Gasteiger partial charge is 0.479 e. The molecular formula is C16H15IO3. The number of rotatable bonds is 4. The average molecular weight is 382 g/mol. The average Bonchev–Trinajstić information content (AvgIpc) is 2.48. The highest BCUT2D eigenvalue weighted by molar-refractivity contribution is 14.1. The number of esters is 1. The van der Waals surface area contributed by atoms with Gasteiger partial charge < -0.3 is 9.47 Å². The Morgan fingerprint density at radius 3 is 2.00 bits per heavy atom. The lowest BCUT2D eigenvalue weighted by atomic mass is 10.1. The van der Waals surface area contributed by atoms with Crippen LogP contribution in [0.2, 0.25) is 0 Å². The van der Waals surface area contributed by atoms with E-state index in [0.29, 0.717) is 5.75 Å². The lowest BCUT2D eigenvalue weighted by Crippen LogP contribution is -2.24. The van der Waals surface area contributed by atoms with Crippen LogP contribution >= 0.6 is 22.6 Å². The van der Waals surface area contributed by atoms with Crippen LogP contribution in [0.1, 0.15) is 6.92 Å². The van der Waals surface area contributed by atoms with E-state index < -0.39 is 6.10 Å². The molecule has 2 aromatic carbocycles. The number of halogens is 1. The SMILES string of the molecule is COC(=O)[C@H](C)Oc1ccc(-c2ccc(I)cc2)cc1. The van der Waals surface area contributed by atoms with Gasteiger partial charge in [0.15, 0.2) is 6.10 Å². The van der Waals surface area contributed by atoms with Gasteiger partial charge in [0.2, 0.25) is 0 Å². The number of hydrogen-bond acceptors (Lipinski definition) is 3. The second-order valence-corrected chi connectivity index (χ2v) is 5.56. The zero-order valence-corrected chi connectivity index (χ0v) is 13.5. The van der Waals surface area contributed by atoms with Crippen LogP contribution in [0.25, 0.3) is 11.1 Å². The van der Waals surface area contributed by atoms with E-state index in [0.717, 1.165) is 11.1 Å². The standard InChI is InChI=1S/C16H15IO3/c1-11(16(18)19-2)20-15-9-5-13(6-10-15)12-3-7-14(17)8-4-12/h3-11H,1-2H3/t11-/m0/s1. The highest BCUT2D eigenvalue weighted by atomic mass is 127. The van der Waals surface area contributed by atoms with Gasteiger partial charge in [-0.2, -0.15) is 0 Å². The predicted molar refractivity (Wildman–Crippen MR) is 86.7 cm³/mol. The van der Waals surface area contributed by atoms with Gasteiger partial charge >= 0.3 is 5.97 Å². The molecule has 0 aliphatic rings. The molecule has 0 unspecified atom stereocenters. The van der Waals surface area contributed by atoms with Crippen molar-refractivity contribution in [3.05, 3.63) is 52.1 Å². The summed E-state index contributed by atoms with van der Waals surface area (Å²) in [5.74, 6) is 0.267. The fourth-order valence-electron chi connectivity index (χ4n) is 1.79. The summed E-state index contributed by atoms with van der Waals surface area (Å²) >= 11 is 2.28. The number of methoxy groups -OCH3 is 1. The molecule has 0 aromatic heterocycles. The first-order chi connectivity index (χ1) is 9.60. The lowest BCUT2D eigenvalue weighted by Gasteiger charge is -2.12. The molecule has 2 aromatic rings. The molecule has 0 N–H and O–H groups in total. The van der Waals surface area contributed by atoms with E-state index in [1.54, 1.807) is 6.92 Å². The maximum absolute atomic E-state index is 11.3. The van der Waals surface area contributed by atoms with Gasteiger partial charge in [0.05, 0.1) is 7.11 Å². The molecule has 0 aliphatic heterocycles. The fraction of sp³-hybridized carbons (Fsp3) is 0.188. The van der Waals surface area contributed by atoms with Crippen molar-refractivity contribution in [3.8, 4) is 16.9 Å². The van der Waals surface area contributed by atoms with Gasteiger partial charge in [-0.1, -0.05) is 24.3 Å². The van der Waals surface area contributed by atoms with Crippen LogP contribution in [-0.4, -0.2) is 19.2 Å². The van der Waals surface area contributed by atoms with Crippen LogP contribution in [-0.2, 0) is 9.53 Å². The molecule has 0 saturated heterocycles. The van der Waals surface area contributed by atoms with E-state index in [2.05, 4.69) is 51.6 Å². The van der Waals surface area contributed by atoms with Crippen molar-refractivity contribution in [2.45, 2.75) is 13.0 Å². The Morgan fingerprint density at radius 2 is 1.50 bits per heavy atom. The third-order valence-electron chi connectivity index (χ3n) is 2.88. The summed E-state index contributed by atoms with van der Waals surface area (Å²) in [4.78, 5) is 11.3. The Morgan fingerprint density at radius 1 is 1.00 bits per heavy atom. The summed E-state index contributed by atoms with van der Waals surface area (Å²) < 4.78 is 11.3. The van der Waals surface area contributed by atoms with Gasteiger partial charge in [0.25, 0.3) is 0 Å². The third-order valence-corrected chi connectivity index (χ3v) is 3.60. The topological polar surface area (TPSA) is 35.5 Å². The van der Waals surface area contributed by atoms with Gasteiger partial charge in [-0.3, -0.25) is 0 Å². The van der Waals surface area contributed by atoms with E-state index in [4.69, 9.17) is 4.74 Å². The number of ether oxygens (including phenoxy) is 2. The molecule has 20 heavy (non-hydrogen) atoms. The first kappa shape index (κ1) is 14.8.